The van der Waals surface area contributed by atoms with Crippen LogP contribution in [-0.2, 0) is 14.8 Å². The molecule has 35 heavy (non-hydrogen) atoms. The van der Waals surface area contributed by atoms with Crippen molar-refractivity contribution in [3.8, 4) is 0 Å². The van der Waals surface area contributed by atoms with E-state index >= 15 is 0 Å². The Hall–Kier alpha value is -2.98. The van der Waals surface area contributed by atoms with E-state index in [1.807, 2.05) is 36.9 Å². The normalized spacial score (nSPS) is 20.0. The predicted molar refractivity (Wildman–Crippen MR) is 135 cm³/mol. The molecule has 1 atom stereocenters. The molecule has 10 heteroatoms. The highest BCUT2D eigenvalue weighted by atomic mass is 32.2. The Labute approximate surface area is 206 Å². The molecule has 0 aliphatic carbocycles. The first-order valence-electron chi connectivity index (χ1n) is 12.3. The van der Waals surface area contributed by atoms with Crippen LogP contribution < -0.4 is 4.90 Å². The number of carbonyl (C=O) groups excluding carboxylic acids is 1. The van der Waals surface area contributed by atoms with Crippen molar-refractivity contribution in [3.63, 3.8) is 0 Å². The number of benzene rings is 2. The van der Waals surface area contributed by atoms with Crippen LogP contribution in [-0.4, -0.2) is 77.8 Å². The quantitative estimate of drug-likeness (QED) is 0.540. The molecule has 1 aromatic heterocycles. The predicted octanol–water partition coefficient (Wildman–Crippen LogP) is 2.76. The summed E-state index contributed by atoms with van der Waals surface area (Å²) in [6.45, 7) is 7.51. The molecule has 2 aliphatic heterocycles. The molecule has 2 fully saturated rings. The minimum atomic E-state index is -3.73. The zero-order chi connectivity index (χ0) is 24.6. The number of sulfonamides is 1. The largest absolute Gasteiger partial charge is 0.368 e. The lowest BCUT2D eigenvalue weighted by atomic mass is 9.97. The summed E-state index contributed by atoms with van der Waals surface area (Å²) in [5.41, 5.74) is 2.53. The zero-order valence-corrected chi connectivity index (χ0v) is 21.1. The Balaban J connectivity index is 1.26. The molecule has 5 rings (SSSR count). The summed E-state index contributed by atoms with van der Waals surface area (Å²) in [6.07, 6.45) is 1.39. The van der Waals surface area contributed by atoms with E-state index in [0.29, 0.717) is 38.0 Å². The van der Waals surface area contributed by atoms with Crippen LogP contribution in [0.5, 0.6) is 0 Å². The highest BCUT2D eigenvalue weighted by molar-refractivity contribution is 7.89. The number of piperidine rings is 1. The van der Waals surface area contributed by atoms with Crippen LogP contribution >= 0.6 is 0 Å². The SMILES string of the molecule is CC(C)n1nnc2cc(S(=O)(=O)N3CCCC(C(=O)N4CCN(c5ccccc5)CC4)C3)ccc21. The summed E-state index contributed by atoms with van der Waals surface area (Å²) < 4.78 is 30.2. The number of nitrogens with zero attached hydrogens (tertiary/aromatic N) is 6. The van der Waals surface area contributed by atoms with Crippen LogP contribution in [0.3, 0.4) is 0 Å². The number of para-hydroxylation sites is 1. The smallest absolute Gasteiger partial charge is 0.243 e. The molecule has 1 amide bonds. The third kappa shape index (κ3) is 4.64. The van der Waals surface area contributed by atoms with Gasteiger partial charge in [-0.3, -0.25) is 4.79 Å². The number of aromatic nitrogens is 3. The molecule has 2 aromatic carbocycles. The van der Waals surface area contributed by atoms with Crippen LogP contribution in [0.2, 0.25) is 0 Å². The van der Waals surface area contributed by atoms with Gasteiger partial charge in [0.1, 0.15) is 5.52 Å². The molecule has 1 unspecified atom stereocenters. The van der Waals surface area contributed by atoms with E-state index < -0.39 is 10.0 Å². The maximum atomic E-state index is 13.5. The first-order valence-corrected chi connectivity index (χ1v) is 13.7. The zero-order valence-electron chi connectivity index (χ0n) is 20.2. The van der Waals surface area contributed by atoms with Crippen LogP contribution in [0.4, 0.5) is 5.69 Å². The fourth-order valence-corrected chi connectivity index (χ4v) is 6.60. The number of piperazine rings is 1. The molecule has 186 valence electrons. The minimum Gasteiger partial charge on any atom is -0.368 e. The van der Waals surface area contributed by atoms with Gasteiger partial charge >= 0.3 is 0 Å². The Morgan fingerprint density at radius 1 is 1.00 bits per heavy atom. The average molecular weight is 497 g/mol. The Morgan fingerprint density at radius 2 is 1.74 bits per heavy atom. The van der Waals surface area contributed by atoms with Crippen molar-refractivity contribution in [2.45, 2.75) is 37.6 Å². The second-order valence-corrected chi connectivity index (χ2v) is 11.6. The summed E-state index contributed by atoms with van der Waals surface area (Å²) in [5, 5.41) is 8.30. The Bertz CT molecular complexity index is 1300. The molecule has 0 spiro atoms. The van der Waals surface area contributed by atoms with Crippen LogP contribution in [0.15, 0.2) is 53.4 Å². The van der Waals surface area contributed by atoms with Gasteiger partial charge in [-0.2, -0.15) is 4.31 Å². The lowest BCUT2D eigenvalue weighted by Crippen LogP contribution is -2.53. The molecule has 0 bridgehead atoms. The maximum Gasteiger partial charge on any atom is 0.243 e. The molecule has 9 nitrogen and oxygen atoms in total. The average Bonchev–Trinajstić information content (AvgIpc) is 3.33. The molecule has 0 N–H and O–H groups in total. The molecule has 0 saturated carbocycles. The molecule has 2 aliphatic rings. The van der Waals surface area contributed by atoms with Crippen molar-refractivity contribution in [2.24, 2.45) is 5.92 Å². The number of fused-ring (bicyclic) bond motifs is 1. The molecule has 3 aromatic rings. The highest BCUT2D eigenvalue weighted by Crippen LogP contribution is 2.28. The van der Waals surface area contributed by atoms with Gasteiger partial charge in [-0.05, 0) is 57.0 Å². The molecular weight excluding hydrogens is 464 g/mol. The van der Waals surface area contributed by atoms with Crippen LogP contribution in [0.1, 0.15) is 32.7 Å². The third-order valence-electron chi connectivity index (χ3n) is 7.02. The summed E-state index contributed by atoms with van der Waals surface area (Å²) in [6, 6.07) is 15.3. The monoisotopic (exact) mass is 496 g/mol. The number of amides is 1. The molecule has 0 radical (unpaired) electrons. The van der Waals surface area contributed by atoms with Crippen molar-refractivity contribution in [1.82, 2.24) is 24.2 Å². The van der Waals surface area contributed by atoms with Gasteiger partial charge in [0.05, 0.1) is 16.3 Å². The molecule has 2 saturated heterocycles. The lowest BCUT2D eigenvalue weighted by molar-refractivity contribution is -0.137. The van der Waals surface area contributed by atoms with E-state index in [1.165, 1.54) is 9.99 Å². The summed E-state index contributed by atoms with van der Waals surface area (Å²) in [4.78, 5) is 17.7. The second-order valence-electron chi connectivity index (χ2n) is 9.63. The Morgan fingerprint density at radius 3 is 2.46 bits per heavy atom. The first-order chi connectivity index (χ1) is 16.8. The van der Waals surface area contributed by atoms with Crippen molar-refractivity contribution >= 4 is 32.7 Å². The topological polar surface area (TPSA) is 91.6 Å². The van der Waals surface area contributed by atoms with E-state index in [2.05, 4.69) is 27.3 Å². The molecule has 3 heterocycles. The number of anilines is 1. The van der Waals surface area contributed by atoms with Gasteiger partial charge in [0.15, 0.2) is 0 Å². The van der Waals surface area contributed by atoms with Gasteiger partial charge in [-0.25, -0.2) is 13.1 Å². The third-order valence-corrected chi connectivity index (χ3v) is 8.88. The summed E-state index contributed by atoms with van der Waals surface area (Å²) in [5.74, 6) is -0.250. The van der Waals surface area contributed by atoms with Crippen molar-refractivity contribution < 1.29 is 13.2 Å². The number of carbonyl (C=O) groups is 1. The van der Waals surface area contributed by atoms with Gasteiger partial charge in [-0.1, -0.05) is 23.4 Å². The van der Waals surface area contributed by atoms with Gasteiger partial charge in [-0.15, -0.1) is 5.10 Å². The van der Waals surface area contributed by atoms with Crippen LogP contribution in [0.25, 0.3) is 11.0 Å². The van der Waals surface area contributed by atoms with Gasteiger partial charge < -0.3 is 9.80 Å². The number of rotatable bonds is 5. The van der Waals surface area contributed by atoms with E-state index in [-0.39, 0.29) is 29.3 Å². The van der Waals surface area contributed by atoms with Gasteiger partial charge in [0.2, 0.25) is 15.9 Å². The molecular formula is C25H32N6O3S. The number of hydrogen-bond donors (Lipinski definition) is 0. The number of hydrogen-bond acceptors (Lipinski definition) is 6. The van der Waals surface area contributed by atoms with Crippen LogP contribution in [0, 0.1) is 5.92 Å². The maximum absolute atomic E-state index is 13.5. The fraction of sp³-hybridized carbons (Fsp3) is 0.480. The summed E-state index contributed by atoms with van der Waals surface area (Å²) in [7, 11) is -3.73. The van der Waals surface area contributed by atoms with Gasteiger partial charge in [0, 0.05) is 51.0 Å². The van der Waals surface area contributed by atoms with E-state index in [4.69, 9.17) is 0 Å². The Kier molecular flexibility index (Phi) is 6.50. The standard InChI is InChI=1S/C25H32N6O3S/c1-19(2)31-24-11-10-22(17-23(24)26-27-31)35(33,34)30-12-6-7-20(18-30)25(32)29-15-13-28(14-16-29)21-8-4-3-5-9-21/h3-5,8-11,17,19-20H,6-7,12-16,18H2,1-2H3. The fourth-order valence-electron chi connectivity index (χ4n) is 5.06. The van der Waals surface area contributed by atoms with E-state index in [0.717, 1.165) is 18.6 Å². The summed E-state index contributed by atoms with van der Waals surface area (Å²) >= 11 is 0. The first kappa shape index (κ1) is 23.7. The van der Waals surface area contributed by atoms with Gasteiger partial charge in [0.25, 0.3) is 0 Å². The van der Waals surface area contributed by atoms with E-state index in [9.17, 15) is 13.2 Å². The van der Waals surface area contributed by atoms with Crippen molar-refractivity contribution in [2.75, 3.05) is 44.2 Å². The lowest BCUT2D eigenvalue weighted by Gasteiger charge is -2.39. The second kappa shape index (κ2) is 9.58. The minimum absolute atomic E-state index is 0.0629. The van der Waals surface area contributed by atoms with Crippen molar-refractivity contribution in [1.29, 1.82) is 0 Å². The van der Waals surface area contributed by atoms with Crippen molar-refractivity contribution in [3.05, 3.63) is 48.5 Å². The highest BCUT2D eigenvalue weighted by Gasteiger charge is 2.36. The van der Waals surface area contributed by atoms with E-state index in [1.54, 1.807) is 22.9 Å².